The number of hydrogen-bond donors (Lipinski definition) is 0. The van der Waals surface area contributed by atoms with Gasteiger partial charge in [-0.15, -0.1) is 0 Å². The molecule has 2 aliphatic carbocycles. The minimum absolute atomic E-state index is 0.574. The second-order valence-electron chi connectivity index (χ2n) is 6.19. The van der Waals surface area contributed by atoms with Gasteiger partial charge in [0.1, 0.15) is 0 Å². The van der Waals surface area contributed by atoms with Crippen molar-refractivity contribution in [3.63, 3.8) is 0 Å². The zero-order valence-electron chi connectivity index (χ0n) is 13.0. The van der Waals surface area contributed by atoms with Crippen LogP contribution in [0.5, 0.6) is 0 Å². The third-order valence-corrected chi connectivity index (χ3v) is 26.2. The third-order valence-electron chi connectivity index (χ3n) is 5.05. The molecule has 0 bridgehead atoms. The molecule has 0 amide bonds. The van der Waals surface area contributed by atoms with Crippen molar-refractivity contribution in [3.8, 4) is 0 Å². The first kappa shape index (κ1) is 14.9. The standard InChI is InChI=1S/2C6H5.2C5H5.Pb/c2*1-2-4-6-5-3-1;2*1-2-4-5-3-1;/h2*1-5H;2*1-5H;. The van der Waals surface area contributed by atoms with Gasteiger partial charge in [0.15, 0.2) is 0 Å². The first-order chi connectivity index (χ1) is 11.4. The van der Waals surface area contributed by atoms with E-state index in [1.807, 2.05) is 0 Å². The summed E-state index contributed by atoms with van der Waals surface area (Å²) in [4.78, 5) is 0. The molecule has 0 heterocycles. The molecule has 0 unspecified atom stereocenters. The van der Waals surface area contributed by atoms with Gasteiger partial charge in [0.2, 0.25) is 0 Å². The van der Waals surface area contributed by atoms with E-state index in [1.54, 1.807) is 6.25 Å². The molecule has 1 heteroatoms. The van der Waals surface area contributed by atoms with Crippen molar-refractivity contribution >= 4 is 27.4 Å². The summed E-state index contributed by atoms with van der Waals surface area (Å²) in [6.45, 7) is 0. The summed E-state index contributed by atoms with van der Waals surface area (Å²) in [7, 11) is 0. The Morgan fingerprint density at radius 3 is 1.17 bits per heavy atom. The molecule has 112 valence electrons. The fraction of sp³-hybridized carbons (Fsp3) is 0.0909. The quantitative estimate of drug-likeness (QED) is 0.562. The molecular weight excluding hydrogens is 471 g/mol. The Morgan fingerprint density at radius 2 is 0.826 bits per heavy atom. The van der Waals surface area contributed by atoms with E-state index in [0.717, 1.165) is 0 Å². The summed E-state index contributed by atoms with van der Waals surface area (Å²) >= 11 is -3.19. The van der Waals surface area contributed by atoms with Crippen LogP contribution >= 0.6 is 0 Å². The molecule has 0 radical (unpaired) electrons. The van der Waals surface area contributed by atoms with Crippen LogP contribution in [0, 0.1) is 0 Å². The normalized spacial score (nSPS) is 17.4. The summed E-state index contributed by atoms with van der Waals surface area (Å²) < 4.78 is 4.33. The maximum atomic E-state index is 2.43. The van der Waals surface area contributed by atoms with Crippen LogP contribution in [0.2, 0.25) is 6.95 Å². The summed E-state index contributed by atoms with van der Waals surface area (Å²) in [5.41, 5.74) is 0. The molecule has 0 spiro atoms. The fourth-order valence-electron chi connectivity index (χ4n) is 4.06. The maximum absolute atomic E-state index is 3.19. The average Bonchev–Trinajstić information content (AvgIpc) is 3.32. The van der Waals surface area contributed by atoms with Crippen LogP contribution in [0.4, 0.5) is 0 Å². The molecule has 0 atom stereocenters. The first-order valence-electron chi connectivity index (χ1n) is 8.23. The number of rotatable bonds is 4. The summed E-state index contributed by atoms with van der Waals surface area (Å²) in [6, 6.07) is 22.6. The van der Waals surface area contributed by atoms with Gasteiger partial charge < -0.3 is 0 Å². The van der Waals surface area contributed by atoms with E-state index in [1.165, 1.54) is 0 Å². The predicted molar refractivity (Wildman–Crippen MR) is 102 cm³/mol. The van der Waals surface area contributed by atoms with Gasteiger partial charge in [0, 0.05) is 0 Å². The van der Waals surface area contributed by atoms with Gasteiger partial charge in [0.05, 0.1) is 0 Å². The second-order valence-corrected chi connectivity index (χ2v) is 22.6. The molecule has 4 rings (SSSR count). The third kappa shape index (κ3) is 2.49. The van der Waals surface area contributed by atoms with E-state index in [9.17, 15) is 0 Å². The van der Waals surface area contributed by atoms with Crippen molar-refractivity contribution in [2.75, 3.05) is 0 Å². The van der Waals surface area contributed by atoms with E-state index < -0.39 is 21.2 Å². The molecule has 2 aromatic rings. The van der Waals surface area contributed by atoms with E-state index >= 15 is 0 Å². The Balaban J connectivity index is 2.01. The van der Waals surface area contributed by atoms with Crippen LogP contribution in [0.15, 0.2) is 109 Å². The second kappa shape index (κ2) is 6.44. The van der Waals surface area contributed by atoms with Crippen LogP contribution < -0.4 is 6.25 Å². The van der Waals surface area contributed by atoms with Crippen molar-refractivity contribution < 1.29 is 0 Å². The zero-order chi connectivity index (χ0) is 15.5. The Hall–Kier alpha value is -1.68. The van der Waals surface area contributed by atoms with Gasteiger partial charge in [0.25, 0.3) is 0 Å². The van der Waals surface area contributed by atoms with E-state index in [0.29, 0.717) is 6.95 Å². The minimum atomic E-state index is -3.19. The van der Waals surface area contributed by atoms with Crippen molar-refractivity contribution in [1.29, 1.82) is 0 Å². The van der Waals surface area contributed by atoms with Gasteiger partial charge in [-0.1, -0.05) is 0 Å². The molecule has 0 saturated carbocycles. The van der Waals surface area contributed by atoms with Gasteiger partial charge in [-0.2, -0.15) is 0 Å². The van der Waals surface area contributed by atoms with Gasteiger partial charge >= 0.3 is 144 Å². The molecule has 2 aliphatic rings. The van der Waals surface area contributed by atoms with Crippen LogP contribution in [-0.4, -0.2) is 21.2 Å². The van der Waals surface area contributed by atoms with E-state index in [-0.39, 0.29) is 0 Å². The molecule has 2 aromatic carbocycles. The van der Waals surface area contributed by atoms with Crippen LogP contribution in [-0.2, 0) is 0 Å². The monoisotopic (exact) mass is 492 g/mol. The molecule has 0 saturated heterocycles. The van der Waals surface area contributed by atoms with Crippen LogP contribution in [0.25, 0.3) is 0 Å². The van der Waals surface area contributed by atoms with Crippen LogP contribution in [0.1, 0.15) is 0 Å². The topological polar surface area (TPSA) is 0 Å². The average molecular weight is 492 g/mol. The number of benzene rings is 2. The molecule has 0 N–H and O–H groups in total. The number of allylic oxidation sites excluding steroid dienone is 8. The Morgan fingerprint density at radius 1 is 0.478 bits per heavy atom. The van der Waals surface area contributed by atoms with Gasteiger partial charge in [-0.25, -0.2) is 0 Å². The Labute approximate surface area is 143 Å². The van der Waals surface area contributed by atoms with Gasteiger partial charge in [-0.05, 0) is 0 Å². The van der Waals surface area contributed by atoms with Crippen molar-refractivity contribution in [2.24, 2.45) is 0 Å². The van der Waals surface area contributed by atoms with Crippen molar-refractivity contribution in [1.82, 2.24) is 0 Å². The first-order valence-corrected chi connectivity index (χ1v) is 16.6. The fourth-order valence-corrected chi connectivity index (χ4v) is 25.3. The molecule has 23 heavy (non-hydrogen) atoms. The predicted octanol–water partition coefficient (Wildman–Crippen LogP) is 4.24. The van der Waals surface area contributed by atoms with Crippen molar-refractivity contribution in [2.45, 2.75) is 6.95 Å². The van der Waals surface area contributed by atoms with E-state index in [4.69, 9.17) is 0 Å². The Bertz CT molecular complexity index is 688. The molecular formula is C22H20Pb. The van der Waals surface area contributed by atoms with Gasteiger partial charge in [-0.3, -0.25) is 0 Å². The summed E-state index contributed by atoms with van der Waals surface area (Å²) in [5, 5.41) is 0. The molecule has 0 aromatic heterocycles. The summed E-state index contributed by atoms with van der Waals surface area (Å²) in [5.74, 6) is 0. The SMILES string of the molecule is C1=C[CH]([Pb]([c]2ccccc2)([c]2ccccc2)[CH]2C=CC=C2)C=C1. The Kier molecular flexibility index (Phi) is 4.17. The molecule has 0 fully saturated rings. The molecule has 0 aliphatic heterocycles. The summed E-state index contributed by atoms with van der Waals surface area (Å²) in [6.07, 6.45) is 18.6. The van der Waals surface area contributed by atoms with E-state index in [2.05, 4.69) is 109 Å². The zero-order valence-corrected chi connectivity index (χ0v) is 16.9. The molecule has 0 nitrogen and oxygen atoms in total. The van der Waals surface area contributed by atoms with Crippen molar-refractivity contribution in [3.05, 3.63) is 109 Å². The number of hydrogen-bond acceptors (Lipinski definition) is 0. The van der Waals surface area contributed by atoms with Crippen LogP contribution in [0.3, 0.4) is 0 Å².